The molecule has 0 amide bonds. The second-order valence-electron chi connectivity index (χ2n) is 4.77. The maximum atomic E-state index is 13.8. The van der Waals surface area contributed by atoms with Crippen LogP contribution in [0.1, 0.15) is 36.4 Å². The van der Waals surface area contributed by atoms with Crippen LogP contribution in [0.15, 0.2) is 17.1 Å². The monoisotopic (exact) mass is 257 g/mol. The summed E-state index contributed by atoms with van der Waals surface area (Å²) >= 11 is 0. The topological polar surface area (TPSA) is 70.9 Å². The molecular weight excluding hydrogens is 240 g/mol. The van der Waals surface area contributed by atoms with Gasteiger partial charge in [-0.3, -0.25) is 4.79 Å². The molecule has 2 heterocycles. The number of rotatable bonds is 2. The van der Waals surface area contributed by atoms with E-state index in [1.165, 1.54) is 12.3 Å². The van der Waals surface area contributed by atoms with Gasteiger partial charge in [0.05, 0.1) is 5.92 Å². The predicted octanol–water partition coefficient (Wildman–Crippen LogP) is 1.11. The number of piperidine rings is 1. The number of hydrogen-bond donors (Lipinski definition) is 3. The summed E-state index contributed by atoms with van der Waals surface area (Å²) < 4.78 is 27.6. The van der Waals surface area contributed by atoms with E-state index in [-0.39, 0.29) is 18.5 Å². The van der Waals surface area contributed by atoms with Crippen molar-refractivity contribution in [2.75, 3.05) is 13.1 Å². The summed E-state index contributed by atoms with van der Waals surface area (Å²) in [4.78, 5) is 14.0. The third kappa shape index (κ3) is 2.44. The van der Waals surface area contributed by atoms with Crippen molar-refractivity contribution in [1.29, 1.82) is 0 Å². The Hall–Kier alpha value is -1.27. The number of aromatic nitrogens is 1. The number of nitrogens with two attached hydrogens (primary N) is 1. The first kappa shape index (κ1) is 13.2. The highest BCUT2D eigenvalue weighted by Crippen LogP contribution is 2.37. The molecule has 0 spiro atoms. The molecule has 4 N–H and O–H groups in total. The predicted molar refractivity (Wildman–Crippen MR) is 64.8 cm³/mol. The van der Waals surface area contributed by atoms with Gasteiger partial charge in [-0.1, -0.05) is 0 Å². The molecule has 0 saturated carbocycles. The Balaban J connectivity index is 2.39. The van der Waals surface area contributed by atoms with Gasteiger partial charge in [0, 0.05) is 37.3 Å². The summed E-state index contributed by atoms with van der Waals surface area (Å²) in [6.45, 7) is 2.18. The van der Waals surface area contributed by atoms with Crippen LogP contribution in [0, 0.1) is 0 Å². The summed E-state index contributed by atoms with van der Waals surface area (Å²) in [7, 11) is 0. The number of halogens is 2. The number of H-pyrrole nitrogens is 1. The minimum Gasteiger partial charge on any atom is -0.329 e. The van der Waals surface area contributed by atoms with Crippen LogP contribution in [0.5, 0.6) is 0 Å². The first-order valence-electron chi connectivity index (χ1n) is 5.98. The molecule has 2 unspecified atom stereocenters. The Labute approximate surface area is 104 Å². The van der Waals surface area contributed by atoms with Crippen molar-refractivity contribution in [2.24, 2.45) is 5.73 Å². The molecule has 100 valence electrons. The molecule has 0 aliphatic carbocycles. The van der Waals surface area contributed by atoms with Crippen molar-refractivity contribution in [3.8, 4) is 0 Å². The smallest absolute Gasteiger partial charge is 0.257 e. The summed E-state index contributed by atoms with van der Waals surface area (Å²) in [5.74, 6) is -3.67. The van der Waals surface area contributed by atoms with Crippen LogP contribution in [0.25, 0.3) is 0 Å². The Kier molecular flexibility index (Phi) is 3.49. The summed E-state index contributed by atoms with van der Waals surface area (Å²) in [6, 6.07) is 1.02. The zero-order valence-electron chi connectivity index (χ0n) is 10.2. The first-order chi connectivity index (χ1) is 8.42. The summed E-state index contributed by atoms with van der Waals surface area (Å²) in [5.41, 5.74) is 6.11. The quantitative estimate of drug-likeness (QED) is 0.743. The van der Waals surface area contributed by atoms with Crippen molar-refractivity contribution < 1.29 is 8.78 Å². The van der Waals surface area contributed by atoms with Crippen molar-refractivity contribution in [3.05, 3.63) is 33.7 Å². The maximum Gasteiger partial charge on any atom is 0.257 e. The molecular formula is C12H17F2N3O. The molecule has 0 bridgehead atoms. The summed E-state index contributed by atoms with van der Waals surface area (Å²) in [5, 5.41) is 2.95. The van der Waals surface area contributed by atoms with E-state index in [0.29, 0.717) is 17.7 Å². The number of pyridine rings is 1. The van der Waals surface area contributed by atoms with E-state index >= 15 is 0 Å². The van der Waals surface area contributed by atoms with Crippen LogP contribution >= 0.6 is 0 Å². The third-order valence-electron chi connectivity index (χ3n) is 3.34. The van der Waals surface area contributed by atoms with Gasteiger partial charge in [0.1, 0.15) is 0 Å². The molecule has 0 radical (unpaired) electrons. The van der Waals surface area contributed by atoms with Crippen molar-refractivity contribution >= 4 is 0 Å². The lowest BCUT2D eigenvalue weighted by Crippen LogP contribution is -2.43. The third-order valence-corrected chi connectivity index (χ3v) is 3.34. The average molecular weight is 257 g/mol. The number of aromatic amines is 1. The fourth-order valence-corrected chi connectivity index (χ4v) is 2.25. The molecule has 0 aromatic carbocycles. The van der Waals surface area contributed by atoms with Gasteiger partial charge < -0.3 is 16.0 Å². The largest absolute Gasteiger partial charge is 0.329 e. The second-order valence-corrected chi connectivity index (χ2v) is 4.77. The Bertz CT molecular complexity index is 484. The standard InChI is InChI=1S/C12H17F2N3O/c1-7(15)9-4-8(5-17-11(9)18)10-6-16-3-2-12(10,13)14/h4-5,7,10,16H,2-3,6,15H2,1H3,(H,17,18). The van der Waals surface area contributed by atoms with Crippen LogP contribution < -0.4 is 16.6 Å². The second kappa shape index (κ2) is 4.78. The fourth-order valence-electron chi connectivity index (χ4n) is 2.25. The number of alkyl halides is 2. The van der Waals surface area contributed by atoms with Gasteiger partial charge >= 0.3 is 0 Å². The molecule has 1 aliphatic heterocycles. The molecule has 1 aromatic heterocycles. The molecule has 1 aromatic rings. The highest BCUT2D eigenvalue weighted by Gasteiger charge is 2.42. The lowest BCUT2D eigenvalue weighted by molar-refractivity contribution is -0.0480. The molecule has 2 atom stereocenters. The first-order valence-corrected chi connectivity index (χ1v) is 5.98. The van der Waals surface area contributed by atoms with Gasteiger partial charge in [-0.25, -0.2) is 8.78 Å². The van der Waals surface area contributed by atoms with Gasteiger partial charge in [-0.05, 0) is 18.6 Å². The SMILES string of the molecule is CC(N)c1cc(C2CNCCC2(F)F)c[nH]c1=O. The summed E-state index contributed by atoms with van der Waals surface area (Å²) in [6.07, 6.45) is 1.17. The Morgan fingerprint density at radius 1 is 1.56 bits per heavy atom. The van der Waals surface area contributed by atoms with E-state index in [2.05, 4.69) is 10.3 Å². The van der Waals surface area contributed by atoms with Crippen LogP contribution in [-0.4, -0.2) is 24.0 Å². The number of hydrogen-bond acceptors (Lipinski definition) is 3. The van der Waals surface area contributed by atoms with Crippen molar-refractivity contribution in [2.45, 2.75) is 31.2 Å². The maximum absolute atomic E-state index is 13.8. The molecule has 2 rings (SSSR count). The zero-order valence-corrected chi connectivity index (χ0v) is 10.2. The van der Waals surface area contributed by atoms with Gasteiger partial charge in [-0.15, -0.1) is 0 Å². The minimum absolute atomic E-state index is 0.190. The van der Waals surface area contributed by atoms with Crippen molar-refractivity contribution in [3.63, 3.8) is 0 Å². The van der Waals surface area contributed by atoms with E-state index in [9.17, 15) is 13.6 Å². The molecule has 1 saturated heterocycles. The lowest BCUT2D eigenvalue weighted by Gasteiger charge is -2.32. The van der Waals surface area contributed by atoms with E-state index < -0.39 is 17.9 Å². The number of nitrogens with one attached hydrogen (secondary N) is 2. The molecule has 4 nitrogen and oxygen atoms in total. The zero-order chi connectivity index (χ0) is 13.3. The van der Waals surface area contributed by atoms with Gasteiger partial charge in [0.25, 0.3) is 11.5 Å². The average Bonchev–Trinajstić information content (AvgIpc) is 2.29. The minimum atomic E-state index is -2.75. The highest BCUT2D eigenvalue weighted by atomic mass is 19.3. The molecule has 18 heavy (non-hydrogen) atoms. The van der Waals surface area contributed by atoms with Crippen LogP contribution in [0.4, 0.5) is 8.78 Å². The van der Waals surface area contributed by atoms with Crippen LogP contribution in [-0.2, 0) is 0 Å². The van der Waals surface area contributed by atoms with E-state index in [1.54, 1.807) is 6.92 Å². The molecule has 6 heteroatoms. The normalized spacial score (nSPS) is 24.8. The van der Waals surface area contributed by atoms with Crippen LogP contribution in [0.3, 0.4) is 0 Å². The van der Waals surface area contributed by atoms with Crippen LogP contribution in [0.2, 0.25) is 0 Å². The highest BCUT2D eigenvalue weighted by molar-refractivity contribution is 5.26. The lowest BCUT2D eigenvalue weighted by atomic mass is 9.88. The fraction of sp³-hybridized carbons (Fsp3) is 0.583. The molecule has 1 fully saturated rings. The Morgan fingerprint density at radius 3 is 2.89 bits per heavy atom. The van der Waals surface area contributed by atoms with Gasteiger partial charge in [0.15, 0.2) is 0 Å². The van der Waals surface area contributed by atoms with Crippen molar-refractivity contribution in [1.82, 2.24) is 10.3 Å². The van der Waals surface area contributed by atoms with Gasteiger partial charge in [0.2, 0.25) is 0 Å². The Morgan fingerprint density at radius 2 is 2.28 bits per heavy atom. The van der Waals surface area contributed by atoms with E-state index in [0.717, 1.165) is 0 Å². The van der Waals surface area contributed by atoms with Gasteiger partial charge in [-0.2, -0.15) is 0 Å². The molecule has 1 aliphatic rings. The van der Waals surface area contributed by atoms with E-state index in [1.807, 2.05) is 0 Å². The van der Waals surface area contributed by atoms with E-state index in [4.69, 9.17) is 5.73 Å².